The van der Waals surface area contributed by atoms with E-state index in [2.05, 4.69) is 19.6 Å². The zero-order valence-corrected chi connectivity index (χ0v) is 14.0. The molecule has 27 heavy (non-hydrogen) atoms. The quantitative estimate of drug-likeness (QED) is 0.748. The van der Waals surface area contributed by atoms with E-state index in [4.69, 9.17) is 0 Å². The molecule has 9 heteroatoms. The minimum atomic E-state index is -4.69. The van der Waals surface area contributed by atoms with Crippen LogP contribution in [-0.2, 0) is 6.18 Å². The molecule has 0 radical (unpaired) electrons. The number of likely N-dealkylation sites (tertiary alicyclic amines) is 1. The van der Waals surface area contributed by atoms with E-state index < -0.39 is 12.1 Å². The van der Waals surface area contributed by atoms with Crippen molar-refractivity contribution in [2.75, 3.05) is 6.54 Å². The van der Waals surface area contributed by atoms with Crippen molar-refractivity contribution in [1.29, 1.82) is 0 Å². The van der Waals surface area contributed by atoms with Crippen LogP contribution in [0.25, 0.3) is 11.4 Å². The Morgan fingerprint density at radius 2 is 2.00 bits per heavy atom. The first-order valence-electron chi connectivity index (χ1n) is 8.39. The van der Waals surface area contributed by atoms with Gasteiger partial charge in [0.2, 0.25) is 5.82 Å². The Morgan fingerprint density at radius 1 is 1.22 bits per heavy atom. The summed E-state index contributed by atoms with van der Waals surface area (Å²) in [4.78, 5) is 21.1. The number of aromatic nitrogens is 3. The van der Waals surface area contributed by atoms with E-state index in [9.17, 15) is 18.0 Å². The Balaban J connectivity index is 1.53. The van der Waals surface area contributed by atoms with Gasteiger partial charge in [-0.15, -0.1) is 0 Å². The minimum absolute atomic E-state index is 0.00118. The second-order valence-corrected chi connectivity index (χ2v) is 6.28. The summed E-state index contributed by atoms with van der Waals surface area (Å²) in [6.07, 6.45) is -1.07. The van der Waals surface area contributed by atoms with Crippen LogP contribution in [0, 0.1) is 0 Å². The van der Waals surface area contributed by atoms with Gasteiger partial charge in [0.15, 0.2) is 0 Å². The molecule has 1 aliphatic rings. The summed E-state index contributed by atoms with van der Waals surface area (Å²) in [5.41, 5.74) is 1.79. The van der Waals surface area contributed by atoms with Gasteiger partial charge in [-0.1, -0.05) is 17.3 Å². The van der Waals surface area contributed by atoms with Gasteiger partial charge >= 0.3 is 12.1 Å². The molecule has 1 aromatic carbocycles. The molecule has 1 unspecified atom stereocenters. The highest BCUT2D eigenvalue weighted by atomic mass is 19.4. The first kappa shape index (κ1) is 17.3. The van der Waals surface area contributed by atoms with Crippen LogP contribution in [0.1, 0.15) is 40.8 Å². The lowest BCUT2D eigenvalue weighted by Crippen LogP contribution is -2.30. The molecule has 2 aromatic heterocycles. The third kappa shape index (κ3) is 3.32. The smallest absolute Gasteiger partial charge is 0.363 e. The molecule has 1 N–H and O–H groups in total. The third-order valence-electron chi connectivity index (χ3n) is 4.55. The predicted molar refractivity (Wildman–Crippen MR) is 88.5 cm³/mol. The van der Waals surface area contributed by atoms with Gasteiger partial charge in [0.25, 0.3) is 5.91 Å². The molecular weight excluding hydrogens is 361 g/mol. The molecule has 1 saturated heterocycles. The van der Waals surface area contributed by atoms with Crippen molar-refractivity contribution in [3.63, 3.8) is 0 Å². The standard InChI is InChI=1S/C18H15F3N4O2/c19-18(20,21)17-23-15(24-27-17)11-5-7-12(8-6-11)16(26)25-10-2-4-14(25)13-3-1-9-22-13/h1,3,5-9,14,22H,2,4,10H2. The maximum absolute atomic E-state index is 12.8. The summed E-state index contributed by atoms with van der Waals surface area (Å²) in [6.45, 7) is 0.657. The zero-order valence-electron chi connectivity index (χ0n) is 14.0. The second-order valence-electron chi connectivity index (χ2n) is 6.28. The van der Waals surface area contributed by atoms with Crippen molar-refractivity contribution in [3.8, 4) is 11.4 Å². The molecule has 1 atom stereocenters. The number of carbonyl (C=O) groups is 1. The predicted octanol–water partition coefficient (Wildman–Crippen LogP) is 4.06. The molecule has 3 heterocycles. The maximum atomic E-state index is 12.8. The fourth-order valence-electron chi connectivity index (χ4n) is 3.27. The third-order valence-corrected chi connectivity index (χ3v) is 4.55. The number of hydrogen-bond donors (Lipinski definition) is 1. The molecule has 4 rings (SSSR count). The number of halogens is 3. The number of nitrogens with one attached hydrogen (secondary N) is 1. The number of alkyl halides is 3. The SMILES string of the molecule is O=C(c1ccc(-c2noc(C(F)(F)F)n2)cc1)N1CCCC1c1ccc[nH]1. The summed E-state index contributed by atoms with van der Waals surface area (Å²) < 4.78 is 41.9. The van der Waals surface area contributed by atoms with Crippen LogP contribution in [0.3, 0.4) is 0 Å². The van der Waals surface area contributed by atoms with Gasteiger partial charge in [-0.25, -0.2) is 0 Å². The lowest BCUT2D eigenvalue weighted by Gasteiger charge is -2.24. The molecule has 1 fully saturated rings. The first-order chi connectivity index (χ1) is 12.9. The monoisotopic (exact) mass is 376 g/mol. The Hall–Kier alpha value is -3.10. The van der Waals surface area contributed by atoms with E-state index in [0.29, 0.717) is 17.7 Å². The minimum Gasteiger partial charge on any atom is -0.363 e. The van der Waals surface area contributed by atoms with E-state index in [0.717, 1.165) is 18.5 Å². The summed E-state index contributed by atoms with van der Waals surface area (Å²) in [7, 11) is 0. The van der Waals surface area contributed by atoms with Crippen molar-refractivity contribution >= 4 is 5.91 Å². The number of carbonyl (C=O) groups excluding carboxylic acids is 1. The van der Waals surface area contributed by atoms with E-state index in [1.54, 1.807) is 17.0 Å². The zero-order chi connectivity index (χ0) is 19.0. The van der Waals surface area contributed by atoms with Crippen molar-refractivity contribution in [2.45, 2.75) is 25.1 Å². The number of rotatable bonds is 3. The molecule has 0 spiro atoms. The number of hydrogen-bond acceptors (Lipinski definition) is 4. The Kier molecular flexibility index (Phi) is 4.21. The molecule has 3 aromatic rings. The summed E-state index contributed by atoms with van der Waals surface area (Å²) in [6, 6.07) is 9.99. The van der Waals surface area contributed by atoms with Gasteiger partial charge in [0.05, 0.1) is 6.04 Å². The van der Waals surface area contributed by atoms with Crippen molar-refractivity contribution in [2.24, 2.45) is 0 Å². The maximum Gasteiger partial charge on any atom is 0.471 e. The number of nitrogens with zero attached hydrogens (tertiary/aromatic N) is 3. The molecule has 1 amide bonds. The highest BCUT2D eigenvalue weighted by molar-refractivity contribution is 5.95. The van der Waals surface area contributed by atoms with Gasteiger partial charge in [-0.05, 0) is 37.1 Å². The Morgan fingerprint density at radius 3 is 2.63 bits per heavy atom. The molecule has 0 aliphatic carbocycles. The summed E-state index contributed by atoms with van der Waals surface area (Å²) >= 11 is 0. The number of aromatic amines is 1. The average Bonchev–Trinajstić information content (AvgIpc) is 3.41. The van der Waals surface area contributed by atoms with E-state index in [1.165, 1.54) is 12.1 Å². The molecule has 1 aliphatic heterocycles. The molecule has 6 nitrogen and oxygen atoms in total. The van der Waals surface area contributed by atoms with Gasteiger partial charge in [0, 0.05) is 29.6 Å². The number of H-pyrrole nitrogens is 1. The highest BCUT2D eigenvalue weighted by Gasteiger charge is 2.38. The van der Waals surface area contributed by atoms with E-state index in [1.807, 2.05) is 18.3 Å². The van der Waals surface area contributed by atoms with Crippen LogP contribution in [-0.4, -0.2) is 32.5 Å². The molecular formula is C18H15F3N4O2. The van der Waals surface area contributed by atoms with Crippen LogP contribution in [0.2, 0.25) is 0 Å². The molecule has 0 saturated carbocycles. The van der Waals surface area contributed by atoms with Gasteiger partial charge < -0.3 is 14.4 Å². The summed E-state index contributed by atoms with van der Waals surface area (Å²) in [5.74, 6) is -1.70. The lowest BCUT2D eigenvalue weighted by atomic mass is 10.1. The van der Waals surface area contributed by atoms with E-state index >= 15 is 0 Å². The van der Waals surface area contributed by atoms with Gasteiger partial charge in [0.1, 0.15) is 0 Å². The van der Waals surface area contributed by atoms with Crippen LogP contribution >= 0.6 is 0 Å². The summed E-state index contributed by atoms with van der Waals surface area (Å²) in [5, 5.41) is 3.35. The van der Waals surface area contributed by atoms with Crippen molar-refractivity contribution < 1.29 is 22.5 Å². The second kappa shape index (κ2) is 6.57. The van der Waals surface area contributed by atoms with Crippen LogP contribution in [0.5, 0.6) is 0 Å². The highest BCUT2D eigenvalue weighted by Crippen LogP contribution is 2.33. The van der Waals surface area contributed by atoms with Gasteiger partial charge in [-0.2, -0.15) is 18.2 Å². The number of benzene rings is 1. The fourth-order valence-corrected chi connectivity index (χ4v) is 3.27. The van der Waals surface area contributed by atoms with Gasteiger partial charge in [-0.3, -0.25) is 4.79 Å². The Labute approximate surface area is 152 Å². The van der Waals surface area contributed by atoms with Crippen LogP contribution in [0.4, 0.5) is 13.2 Å². The van der Waals surface area contributed by atoms with Crippen molar-refractivity contribution in [1.82, 2.24) is 20.0 Å². The normalized spacial score (nSPS) is 17.4. The lowest BCUT2D eigenvalue weighted by molar-refractivity contribution is -0.159. The average molecular weight is 376 g/mol. The molecule has 140 valence electrons. The van der Waals surface area contributed by atoms with Crippen LogP contribution in [0.15, 0.2) is 47.1 Å². The first-order valence-corrected chi connectivity index (χ1v) is 8.39. The van der Waals surface area contributed by atoms with Crippen molar-refractivity contribution in [3.05, 3.63) is 59.7 Å². The topological polar surface area (TPSA) is 75.0 Å². The fraction of sp³-hybridized carbons (Fsp3) is 0.278. The molecule has 0 bridgehead atoms. The Bertz CT molecular complexity index is 932. The van der Waals surface area contributed by atoms with Crippen LogP contribution < -0.4 is 0 Å². The largest absolute Gasteiger partial charge is 0.471 e. The van der Waals surface area contributed by atoms with E-state index in [-0.39, 0.29) is 17.8 Å². The number of amides is 1.